The van der Waals surface area contributed by atoms with Crippen LogP contribution in [0, 0.1) is 5.92 Å². The molecule has 0 unspecified atom stereocenters. The lowest BCUT2D eigenvalue weighted by Gasteiger charge is -2.40. The molecule has 1 N–H and O–H groups in total. The summed E-state index contributed by atoms with van der Waals surface area (Å²) in [5.74, 6) is -0.207. The Morgan fingerprint density at radius 3 is 2.65 bits per heavy atom. The van der Waals surface area contributed by atoms with Gasteiger partial charge in [-0.2, -0.15) is 0 Å². The van der Waals surface area contributed by atoms with Gasteiger partial charge in [-0.1, -0.05) is 42.5 Å². The molecule has 2 aliphatic heterocycles. The molecular formula is C19H19N3O4. The lowest BCUT2D eigenvalue weighted by atomic mass is 10.00. The van der Waals surface area contributed by atoms with E-state index in [-0.39, 0.29) is 24.5 Å². The number of nitrogens with zero attached hydrogens (tertiary/aromatic N) is 2. The maximum absolute atomic E-state index is 12.3. The van der Waals surface area contributed by atoms with Gasteiger partial charge in [-0.15, -0.1) is 0 Å². The third-order valence-corrected chi connectivity index (χ3v) is 4.84. The van der Waals surface area contributed by atoms with Crippen molar-refractivity contribution < 1.29 is 19.1 Å². The van der Waals surface area contributed by atoms with Crippen molar-refractivity contribution >= 4 is 28.8 Å². The number of likely N-dealkylation sites (tertiary alicyclic amines) is 1. The van der Waals surface area contributed by atoms with Crippen molar-refractivity contribution in [2.24, 2.45) is 5.92 Å². The molecule has 7 nitrogen and oxygen atoms in total. The average Bonchev–Trinajstić information content (AvgIpc) is 2.93. The summed E-state index contributed by atoms with van der Waals surface area (Å²) in [4.78, 5) is 38.1. The maximum atomic E-state index is 12.3. The number of urea groups is 1. The van der Waals surface area contributed by atoms with E-state index in [0.29, 0.717) is 26.2 Å². The van der Waals surface area contributed by atoms with E-state index >= 15 is 0 Å². The summed E-state index contributed by atoms with van der Waals surface area (Å²) in [6, 6.07) is 14.0. The van der Waals surface area contributed by atoms with Crippen LogP contribution in [0.3, 0.4) is 0 Å². The second kappa shape index (κ2) is 6.67. The van der Waals surface area contributed by atoms with E-state index < -0.39 is 6.09 Å². The summed E-state index contributed by atoms with van der Waals surface area (Å²) in [6.45, 7) is 1.64. The molecule has 26 heavy (non-hydrogen) atoms. The number of nitrogens with one attached hydrogen (secondary N) is 1. The molecule has 0 atom stereocenters. The Morgan fingerprint density at radius 2 is 1.88 bits per heavy atom. The Kier molecular flexibility index (Phi) is 4.20. The van der Waals surface area contributed by atoms with Crippen LogP contribution in [0.1, 0.15) is 5.56 Å². The van der Waals surface area contributed by atoms with Crippen molar-refractivity contribution in [2.75, 3.05) is 26.2 Å². The molecule has 0 saturated carbocycles. The van der Waals surface area contributed by atoms with Gasteiger partial charge in [-0.25, -0.2) is 14.5 Å². The van der Waals surface area contributed by atoms with Crippen LogP contribution in [0.4, 0.5) is 9.59 Å². The Labute approximate surface area is 150 Å². The number of carbonyl (C=O) groups excluding carboxylic acids is 3. The molecular weight excluding hydrogens is 334 g/mol. The molecule has 2 aliphatic rings. The second-order valence-corrected chi connectivity index (χ2v) is 6.63. The Balaban J connectivity index is 1.29. The molecule has 0 radical (unpaired) electrons. The van der Waals surface area contributed by atoms with Crippen LogP contribution in [-0.4, -0.2) is 54.1 Å². The van der Waals surface area contributed by atoms with E-state index in [2.05, 4.69) is 10.1 Å². The summed E-state index contributed by atoms with van der Waals surface area (Å²) >= 11 is 0. The summed E-state index contributed by atoms with van der Waals surface area (Å²) in [6.07, 6.45) is -0.589. The van der Waals surface area contributed by atoms with Gasteiger partial charge in [0.05, 0.1) is 0 Å². The predicted molar refractivity (Wildman–Crippen MR) is 94.3 cm³/mol. The van der Waals surface area contributed by atoms with Crippen LogP contribution in [0.5, 0.6) is 0 Å². The molecule has 4 amide bonds. The second-order valence-electron chi connectivity index (χ2n) is 6.63. The highest BCUT2D eigenvalue weighted by Gasteiger charge is 2.38. The largest absolute Gasteiger partial charge is 0.439 e. The topological polar surface area (TPSA) is 79.0 Å². The fraction of sp³-hybridized carbons (Fsp3) is 0.316. The average molecular weight is 353 g/mol. The zero-order valence-corrected chi connectivity index (χ0v) is 14.2. The van der Waals surface area contributed by atoms with Crippen LogP contribution in [0.2, 0.25) is 0 Å². The van der Waals surface area contributed by atoms with Crippen molar-refractivity contribution in [3.8, 4) is 0 Å². The van der Waals surface area contributed by atoms with E-state index in [1.54, 1.807) is 4.90 Å². The van der Waals surface area contributed by atoms with Gasteiger partial charge in [-0.05, 0) is 16.3 Å². The van der Waals surface area contributed by atoms with Crippen LogP contribution in [0.15, 0.2) is 42.5 Å². The SMILES string of the molecule is O=C(NCc1cccc2ccccc12)N1CC(CN2C(=O)COC2=O)C1. The van der Waals surface area contributed by atoms with Crippen molar-refractivity contribution in [3.63, 3.8) is 0 Å². The highest BCUT2D eigenvalue weighted by molar-refractivity contribution is 5.97. The number of amides is 4. The molecule has 0 spiro atoms. The van der Waals surface area contributed by atoms with Gasteiger partial charge in [0, 0.05) is 32.1 Å². The van der Waals surface area contributed by atoms with Crippen LogP contribution >= 0.6 is 0 Å². The molecule has 2 heterocycles. The number of benzene rings is 2. The Hall–Kier alpha value is -3.09. The zero-order valence-electron chi connectivity index (χ0n) is 14.2. The van der Waals surface area contributed by atoms with E-state index in [0.717, 1.165) is 21.2 Å². The first kappa shape index (κ1) is 16.4. The number of ether oxygens (including phenoxy) is 1. The highest BCUT2D eigenvalue weighted by atomic mass is 16.6. The van der Waals surface area contributed by atoms with Gasteiger partial charge in [0.25, 0.3) is 5.91 Å². The minimum Gasteiger partial charge on any atom is -0.439 e. The first-order valence-electron chi connectivity index (χ1n) is 8.58. The number of carbonyl (C=O) groups is 3. The smallest absolute Gasteiger partial charge is 0.417 e. The van der Waals surface area contributed by atoms with Gasteiger partial charge in [-0.3, -0.25) is 4.79 Å². The number of imide groups is 1. The molecule has 134 valence electrons. The van der Waals surface area contributed by atoms with E-state index in [1.807, 2.05) is 42.5 Å². The van der Waals surface area contributed by atoms with E-state index in [4.69, 9.17) is 0 Å². The maximum Gasteiger partial charge on any atom is 0.417 e. The minimum atomic E-state index is -0.589. The fourth-order valence-corrected chi connectivity index (χ4v) is 3.40. The number of hydrogen-bond donors (Lipinski definition) is 1. The predicted octanol–water partition coefficient (Wildman–Crippen LogP) is 1.96. The van der Waals surface area contributed by atoms with Crippen molar-refractivity contribution in [3.05, 3.63) is 48.0 Å². The van der Waals surface area contributed by atoms with Crippen molar-refractivity contribution in [2.45, 2.75) is 6.54 Å². The first-order chi connectivity index (χ1) is 12.6. The number of fused-ring (bicyclic) bond motifs is 1. The molecule has 0 bridgehead atoms. The Bertz CT molecular complexity index is 855. The zero-order chi connectivity index (χ0) is 18.1. The van der Waals surface area contributed by atoms with E-state index in [1.165, 1.54) is 0 Å². The molecule has 0 aliphatic carbocycles. The summed E-state index contributed by atoms with van der Waals surface area (Å²) in [7, 11) is 0. The van der Waals surface area contributed by atoms with E-state index in [9.17, 15) is 14.4 Å². The van der Waals surface area contributed by atoms with Gasteiger partial charge in [0.2, 0.25) is 0 Å². The summed E-state index contributed by atoms with van der Waals surface area (Å²) in [5.41, 5.74) is 1.07. The number of cyclic esters (lactones) is 1. The first-order valence-corrected chi connectivity index (χ1v) is 8.58. The molecule has 0 aromatic heterocycles. The van der Waals surface area contributed by atoms with Gasteiger partial charge in [0.1, 0.15) is 0 Å². The molecule has 2 aromatic rings. The molecule has 2 saturated heterocycles. The molecule has 7 heteroatoms. The lowest BCUT2D eigenvalue weighted by Crippen LogP contribution is -2.57. The lowest BCUT2D eigenvalue weighted by molar-refractivity contribution is -0.126. The van der Waals surface area contributed by atoms with Crippen LogP contribution < -0.4 is 5.32 Å². The van der Waals surface area contributed by atoms with Crippen molar-refractivity contribution in [1.82, 2.24) is 15.1 Å². The summed E-state index contributed by atoms with van der Waals surface area (Å²) < 4.78 is 4.69. The van der Waals surface area contributed by atoms with Crippen LogP contribution in [0.25, 0.3) is 10.8 Å². The molecule has 4 rings (SSSR count). The molecule has 2 aromatic carbocycles. The monoisotopic (exact) mass is 353 g/mol. The van der Waals surface area contributed by atoms with Crippen LogP contribution in [-0.2, 0) is 16.1 Å². The number of hydrogen-bond acceptors (Lipinski definition) is 4. The fourth-order valence-electron chi connectivity index (χ4n) is 3.40. The standard InChI is InChI=1S/C19H19N3O4/c23-17-12-26-19(25)22(17)11-13-9-21(10-13)18(24)20-8-15-6-3-5-14-4-1-2-7-16(14)15/h1-7,13H,8-12H2,(H,20,24). The normalized spacial score (nSPS) is 17.4. The van der Waals surface area contributed by atoms with Gasteiger partial charge in [0.15, 0.2) is 6.61 Å². The summed E-state index contributed by atoms with van der Waals surface area (Å²) in [5, 5.41) is 5.21. The quantitative estimate of drug-likeness (QED) is 0.911. The molecule has 2 fully saturated rings. The van der Waals surface area contributed by atoms with Crippen molar-refractivity contribution in [1.29, 1.82) is 0 Å². The third-order valence-electron chi connectivity index (χ3n) is 4.84. The highest BCUT2D eigenvalue weighted by Crippen LogP contribution is 2.21. The van der Waals surface area contributed by atoms with Gasteiger partial charge >= 0.3 is 12.1 Å². The minimum absolute atomic E-state index is 0.105. The van der Waals surface area contributed by atoms with Gasteiger partial charge < -0.3 is 15.0 Å². The Morgan fingerprint density at radius 1 is 1.12 bits per heavy atom. The third kappa shape index (κ3) is 3.08. The number of rotatable bonds is 4.